The molecule has 11 heteroatoms. The van der Waals surface area contributed by atoms with Gasteiger partial charge in [0.25, 0.3) is 5.56 Å². The SMILES string of the molecule is CC(=O)OCc1c(-c2nc(CC(N)=O)nc3[nH]c(C4=CCNCC4)cc23)cccc1-n1ccc2cc(C3CC3)cc(F)c2c1=O. The van der Waals surface area contributed by atoms with Gasteiger partial charge in [-0.1, -0.05) is 24.3 Å². The van der Waals surface area contributed by atoms with Crippen molar-refractivity contribution in [3.63, 3.8) is 0 Å². The molecular weight excluding hydrogens is 575 g/mol. The number of aromatic nitrogens is 4. The van der Waals surface area contributed by atoms with Crippen LogP contribution in [-0.2, 0) is 27.4 Å². The Morgan fingerprint density at radius 1 is 1.16 bits per heavy atom. The number of carbonyl (C=O) groups is 2. The predicted octanol–water partition coefficient (Wildman–Crippen LogP) is 4.41. The zero-order valence-corrected chi connectivity index (χ0v) is 24.7. The third-order valence-electron chi connectivity index (χ3n) is 8.39. The number of esters is 1. The minimum absolute atomic E-state index is 0.00978. The Bertz CT molecular complexity index is 2110. The lowest BCUT2D eigenvalue weighted by molar-refractivity contribution is -0.142. The van der Waals surface area contributed by atoms with Crippen LogP contribution < -0.4 is 16.6 Å². The molecule has 228 valence electrons. The van der Waals surface area contributed by atoms with E-state index in [2.05, 4.69) is 21.4 Å². The number of pyridine rings is 1. The standard InChI is InChI=1S/C34H31FN6O4/c1-18(42)45-17-25-23(32-24-15-27(20-7-10-37-11-8-20)38-33(24)40-30(39-32)16-29(36)43)3-2-4-28(25)41-12-9-21-13-22(19-5-6-19)14-26(35)31(21)34(41)44/h2-4,7,9,12-15,19,37H,5-6,8,10-11,16-17H2,1H3,(H2,36,43)(H,38,39,40). The van der Waals surface area contributed by atoms with Crippen molar-refractivity contribution in [2.45, 2.75) is 45.1 Å². The second-order valence-corrected chi connectivity index (χ2v) is 11.6. The van der Waals surface area contributed by atoms with Gasteiger partial charge in [-0.3, -0.25) is 19.0 Å². The van der Waals surface area contributed by atoms with E-state index in [4.69, 9.17) is 15.5 Å². The van der Waals surface area contributed by atoms with E-state index in [0.717, 1.165) is 49.2 Å². The fraction of sp³-hybridized carbons (Fsp3) is 0.265. The number of nitrogens with zero attached hydrogens (tertiary/aromatic N) is 3. The third-order valence-corrected chi connectivity index (χ3v) is 8.39. The van der Waals surface area contributed by atoms with E-state index < -0.39 is 23.3 Å². The van der Waals surface area contributed by atoms with Crippen molar-refractivity contribution >= 4 is 39.3 Å². The molecule has 1 aliphatic heterocycles. The Labute approximate surface area is 257 Å². The number of benzene rings is 2. The van der Waals surface area contributed by atoms with Crippen LogP contribution >= 0.6 is 0 Å². The highest BCUT2D eigenvalue weighted by molar-refractivity contribution is 5.95. The summed E-state index contributed by atoms with van der Waals surface area (Å²) >= 11 is 0. The molecule has 1 fully saturated rings. The van der Waals surface area contributed by atoms with Gasteiger partial charge >= 0.3 is 5.97 Å². The first-order valence-electron chi connectivity index (χ1n) is 15.0. The van der Waals surface area contributed by atoms with E-state index in [0.29, 0.717) is 44.8 Å². The fourth-order valence-electron chi connectivity index (χ4n) is 6.08. The lowest BCUT2D eigenvalue weighted by Gasteiger charge is -2.18. The summed E-state index contributed by atoms with van der Waals surface area (Å²) in [5, 5.41) is 4.52. The van der Waals surface area contributed by atoms with Gasteiger partial charge in [-0.2, -0.15) is 0 Å². The lowest BCUT2D eigenvalue weighted by Crippen LogP contribution is -2.21. The molecule has 1 saturated carbocycles. The Kier molecular flexibility index (Phi) is 7.25. The van der Waals surface area contributed by atoms with E-state index in [-0.39, 0.29) is 24.2 Å². The van der Waals surface area contributed by atoms with Gasteiger partial charge in [0.05, 0.1) is 23.2 Å². The molecule has 1 aliphatic carbocycles. The number of halogens is 1. The van der Waals surface area contributed by atoms with Crippen LogP contribution in [0.2, 0.25) is 0 Å². The fourth-order valence-corrected chi connectivity index (χ4v) is 6.08. The van der Waals surface area contributed by atoms with Gasteiger partial charge < -0.3 is 20.8 Å². The molecule has 0 bridgehead atoms. The number of aromatic amines is 1. The van der Waals surface area contributed by atoms with Gasteiger partial charge in [0.1, 0.15) is 23.9 Å². The first-order chi connectivity index (χ1) is 21.8. The van der Waals surface area contributed by atoms with Crippen molar-refractivity contribution in [2.75, 3.05) is 13.1 Å². The number of nitrogens with two attached hydrogens (primary N) is 1. The van der Waals surface area contributed by atoms with Crippen LogP contribution in [0.4, 0.5) is 4.39 Å². The van der Waals surface area contributed by atoms with Crippen LogP contribution in [0.25, 0.3) is 44.3 Å². The molecule has 2 aromatic carbocycles. The molecular formula is C34H31FN6O4. The largest absolute Gasteiger partial charge is 0.461 e. The maximum atomic E-state index is 15.4. The molecule has 4 heterocycles. The molecule has 45 heavy (non-hydrogen) atoms. The van der Waals surface area contributed by atoms with Crippen molar-refractivity contribution in [1.82, 2.24) is 24.8 Å². The Morgan fingerprint density at radius 2 is 2.00 bits per heavy atom. The normalized spacial score (nSPS) is 14.9. The summed E-state index contributed by atoms with van der Waals surface area (Å²) in [4.78, 5) is 50.5. The molecule has 0 radical (unpaired) electrons. The number of amides is 1. The van der Waals surface area contributed by atoms with Crippen LogP contribution in [-0.4, -0.2) is 44.5 Å². The number of hydrogen-bond donors (Lipinski definition) is 3. The third kappa shape index (κ3) is 5.51. The molecule has 5 aromatic rings. The van der Waals surface area contributed by atoms with E-state index in [9.17, 15) is 14.4 Å². The average Bonchev–Trinajstić information content (AvgIpc) is 3.78. The zero-order chi connectivity index (χ0) is 31.2. The number of H-pyrrole nitrogens is 1. The van der Waals surface area contributed by atoms with Crippen molar-refractivity contribution in [3.05, 3.63) is 93.6 Å². The number of primary amides is 1. The summed E-state index contributed by atoms with van der Waals surface area (Å²) in [6.07, 6.45) is 6.39. The summed E-state index contributed by atoms with van der Waals surface area (Å²) in [7, 11) is 0. The summed E-state index contributed by atoms with van der Waals surface area (Å²) in [5.74, 6) is -1.10. The predicted molar refractivity (Wildman–Crippen MR) is 168 cm³/mol. The van der Waals surface area contributed by atoms with E-state index in [1.807, 2.05) is 18.2 Å². The first-order valence-corrected chi connectivity index (χ1v) is 15.0. The topological polar surface area (TPSA) is 145 Å². The minimum Gasteiger partial charge on any atom is -0.461 e. The molecule has 2 aliphatic rings. The van der Waals surface area contributed by atoms with Gasteiger partial charge in [-0.15, -0.1) is 0 Å². The van der Waals surface area contributed by atoms with Crippen LogP contribution in [0.1, 0.15) is 54.7 Å². The molecule has 0 atom stereocenters. The van der Waals surface area contributed by atoms with E-state index in [1.165, 1.54) is 17.6 Å². The summed E-state index contributed by atoms with van der Waals surface area (Å²) in [6.45, 7) is 2.70. The van der Waals surface area contributed by atoms with Gasteiger partial charge in [-0.25, -0.2) is 14.4 Å². The Morgan fingerprint density at radius 3 is 2.73 bits per heavy atom. The Hall–Kier alpha value is -5.16. The van der Waals surface area contributed by atoms with Crippen LogP contribution in [0.15, 0.2) is 59.5 Å². The number of nitrogens with one attached hydrogen (secondary N) is 2. The maximum Gasteiger partial charge on any atom is 0.302 e. The first kappa shape index (κ1) is 28.6. The second-order valence-electron chi connectivity index (χ2n) is 11.6. The van der Waals surface area contributed by atoms with Gasteiger partial charge in [0.15, 0.2) is 0 Å². The molecule has 0 unspecified atom stereocenters. The smallest absolute Gasteiger partial charge is 0.302 e. The summed E-state index contributed by atoms with van der Waals surface area (Å²) in [5.41, 5.74) is 10.3. The number of rotatable bonds is 8. The van der Waals surface area contributed by atoms with Crippen molar-refractivity contribution in [1.29, 1.82) is 0 Å². The van der Waals surface area contributed by atoms with Crippen molar-refractivity contribution < 1.29 is 18.7 Å². The molecule has 1 amide bonds. The monoisotopic (exact) mass is 606 g/mol. The van der Waals surface area contributed by atoms with Crippen molar-refractivity contribution in [3.8, 4) is 16.9 Å². The van der Waals surface area contributed by atoms with Crippen LogP contribution in [0, 0.1) is 5.82 Å². The van der Waals surface area contributed by atoms with Crippen LogP contribution in [0.3, 0.4) is 0 Å². The van der Waals surface area contributed by atoms with Crippen LogP contribution in [0.5, 0.6) is 0 Å². The highest BCUT2D eigenvalue weighted by atomic mass is 19.1. The molecule has 0 spiro atoms. The van der Waals surface area contributed by atoms with Gasteiger partial charge in [0, 0.05) is 41.9 Å². The van der Waals surface area contributed by atoms with Gasteiger partial charge in [-0.05, 0) is 72.5 Å². The number of carbonyl (C=O) groups excluding carboxylic acids is 2. The van der Waals surface area contributed by atoms with E-state index in [1.54, 1.807) is 24.4 Å². The molecule has 3 aromatic heterocycles. The Balaban J connectivity index is 1.44. The van der Waals surface area contributed by atoms with Gasteiger partial charge in [0.2, 0.25) is 5.91 Å². The van der Waals surface area contributed by atoms with E-state index >= 15 is 4.39 Å². The second kappa shape index (κ2) is 11.4. The maximum absolute atomic E-state index is 15.4. The lowest BCUT2D eigenvalue weighted by atomic mass is 9.99. The average molecular weight is 607 g/mol. The molecule has 4 N–H and O–H groups in total. The highest BCUT2D eigenvalue weighted by Crippen LogP contribution is 2.41. The molecule has 7 rings (SSSR count). The minimum atomic E-state index is -0.586. The number of hydrogen-bond acceptors (Lipinski definition) is 7. The quantitative estimate of drug-likeness (QED) is 0.222. The van der Waals surface area contributed by atoms with Crippen molar-refractivity contribution in [2.24, 2.45) is 5.73 Å². The summed E-state index contributed by atoms with van der Waals surface area (Å²) in [6, 6.07) is 12.3. The number of fused-ring (bicyclic) bond motifs is 2. The molecule has 10 nitrogen and oxygen atoms in total. The molecule has 0 saturated heterocycles. The zero-order valence-electron chi connectivity index (χ0n) is 24.7. The number of ether oxygens (including phenoxy) is 1. The summed E-state index contributed by atoms with van der Waals surface area (Å²) < 4.78 is 22.3. The highest BCUT2D eigenvalue weighted by Gasteiger charge is 2.26.